The van der Waals surface area contributed by atoms with Gasteiger partial charge in [-0.25, -0.2) is 0 Å². The lowest BCUT2D eigenvalue weighted by Crippen LogP contribution is -2.62. The minimum absolute atomic E-state index is 0.0889. The van der Waals surface area contributed by atoms with Crippen molar-refractivity contribution in [1.82, 2.24) is 20.4 Å². The predicted octanol–water partition coefficient (Wildman–Crippen LogP) is 2.39. The van der Waals surface area contributed by atoms with E-state index in [0.29, 0.717) is 24.5 Å². The normalized spacial score (nSPS) is 18.2. The second-order valence-corrected chi connectivity index (χ2v) is 8.30. The lowest BCUT2D eigenvalue weighted by molar-refractivity contribution is -0.166. The summed E-state index contributed by atoms with van der Waals surface area (Å²) >= 11 is 0. The molecular weight excluding hydrogens is 420 g/mol. The number of hydrogen-bond acceptors (Lipinski definition) is 6. The monoisotopic (exact) mass is 448 g/mol. The Kier molecular flexibility index (Phi) is 6.84. The molecule has 3 heterocycles. The van der Waals surface area contributed by atoms with Gasteiger partial charge in [-0.15, -0.1) is 0 Å². The SMILES string of the molecule is Cc1noc(C)c1CC(=O)N1CCOC(Cc2ccccn2)(C(=O)NCc2ccccc2)C1. The maximum Gasteiger partial charge on any atom is 0.254 e. The summed E-state index contributed by atoms with van der Waals surface area (Å²) < 4.78 is 11.3. The largest absolute Gasteiger partial charge is 0.361 e. The van der Waals surface area contributed by atoms with Gasteiger partial charge in [0.1, 0.15) is 5.76 Å². The van der Waals surface area contributed by atoms with Crippen LogP contribution >= 0.6 is 0 Å². The van der Waals surface area contributed by atoms with E-state index in [4.69, 9.17) is 9.26 Å². The van der Waals surface area contributed by atoms with E-state index in [-0.39, 0.29) is 37.8 Å². The van der Waals surface area contributed by atoms with E-state index in [1.807, 2.05) is 55.5 Å². The fourth-order valence-corrected chi connectivity index (χ4v) is 4.07. The molecule has 1 unspecified atom stereocenters. The van der Waals surface area contributed by atoms with Gasteiger partial charge >= 0.3 is 0 Å². The van der Waals surface area contributed by atoms with Gasteiger partial charge < -0.3 is 19.5 Å². The van der Waals surface area contributed by atoms with Crippen LogP contribution in [0.15, 0.2) is 59.3 Å². The van der Waals surface area contributed by atoms with Crippen molar-refractivity contribution in [2.75, 3.05) is 19.7 Å². The minimum atomic E-state index is -1.23. The van der Waals surface area contributed by atoms with E-state index in [1.165, 1.54) is 0 Å². The number of aryl methyl sites for hydroxylation is 2. The van der Waals surface area contributed by atoms with Crippen molar-refractivity contribution in [2.24, 2.45) is 0 Å². The molecule has 1 aromatic carbocycles. The van der Waals surface area contributed by atoms with E-state index in [0.717, 1.165) is 16.8 Å². The van der Waals surface area contributed by atoms with Gasteiger partial charge in [-0.1, -0.05) is 41.6 Å². The quantitative estimate of drug-likeness (QED) is 0.596. The van der Waals surface area contributed by atoms with Gasteiger partial charge in [0.2, 0.25) is 5.91 Å². The predicted molar refractivity (Wildman–Crippen MR) is 121 cm³/mol. The number of rotatable bonds is 7. The van der Waals surface area contributed by atoms with E-state index in [2.05, 4.69) is 15.5 Å². The number of nitrogens with one attached hydrogen (secondary N) is 1. The highest BCUT2D eigenvalue weighted by Crippen LogP contribution is 2.25. The number of ether oxygens (including phenoxy) is 1. The second-order valence-electron chi connectivity index (χ2n) is 8.30. The summed E-state index contributed by atoms with van der Waals surface area (Å²) in [5.74, 6) is 0.287. The van der Waals surface area contributed by atoms with Crippen molar-refractivity contribution in [1.29, 1.82) is 0 Å². The molecule has 1 aliphatic rings. The van der Waals surface area contributed by atoms with Crippen LogP contribution in [-0.4, -0.2) is 52.2 Å². The van der Waals surface area contributed by atoms with Gasteiger partial charge in [0.25, 0.3) is 5.91 Å². The van der Waals surface area contributed by atoms with Gasteiger partial charge in [-0.3, -0.25) is 14.6 Å². The molecule has 1 atom stereocenters. The van der Waals surface area contributed by atoms with Crippen LogP contribution < -0.4 is 5.32 Å². The molecule has 0 bridgehead atoms. The summed E-state index contributed by atoms with van der Waals surface area (Å²) in [6.45, 7) is 4.81. The molecule has 8 nitrogen and oxygen atoms in total. The first kappa shape index (κ1) is 22.7. The smallest absolute Gasteiger partial charge is 0.254 e. The molecule has 1 saturated heterocycles. The summed E-state index contributed by atoms with van der Waals surface area (Å²) in [5.41, 5.74) is 1.98. The number of carbonyl (C=O) groups excluding carboxylic acids is 2. The third-order valence-corrected chi connectivity index (χ3v) is 5.95. The summed E-state index contributed by atoms with van der Waals surface area (Å²) in [4.78, 5) is 32.7. The highest BCUT2D eigenvalue weighted by atomic mass is 16.5. The molecule has 1 aliphatic heterocycles. The number of carbonyl (C=O) groups is 2. The zero-order chi connectivity index (χ0) is 23.3. The first-order valence-electron chi connectivity index (χ1n) is 11.0. The van der Waals surface area contributed by atoms with Gasteiger partial charge in [0, 0.05) is 37.0 Å². The van der Waals surface area contributed by atoms with Crippen LogP contribution in [0.4, 0.5) is 0 Å². The van der Waals surface area contributed by atoms with Crippen LogP contribution in [0.1, 0.15) is 28.3 Å². The van der Waals surface area contributed by atoms with Gasteiger partial charge in [-0.05, 0) is 31.5 Å². The van der Waals surface area contributed by atoms with Crippen molar-refractivity contribution in [2.45, 2.75) is 38.8 Å². The van der Waals surface area contributed by atoms with Crippen LogP contribution in [0.5, 0.6) is 0 Å². The molecule has 0 saturated carbocycles. The lowest BCUT2D eigenvalue weighted by Gasteiger charge is -2.41. The van der Waals surface area contributed by atoms with E-state index in [9.17, 15) is 9.59 Å². The van der Waals surface area contributed by atoms with Crippen molar-refractivity contribution in [3.05, 3.63) is 83.0 Å². The number of morpholine rings is 1. The van der Waals surface area contributed by atoms with Crippen LogP contribution in [0.25, 0.3) is 0 Å². The number of hydrogen-bond donors (Lipinski definition) is 1. The van der Waals surface area contributed by atoms with E-state index < -0.39 is 5.60 Å². The van der Waals surface area contributed by atoms with Crippen LogP contribution in [0.3, 0.4) is 0 Å². The van der Waals surface area contributed by atoms with Gasteiger partial charge in [-0.2, -0.15) is 0 Å². The third kappa shape index (κ3) is 5.28. The third-order valence-electron chi connectivity index (χ3n) is 5.95. The molecule has 4 rings (SSSR count). The average Bonchev–Trinajstić information content (AvgIpc) is 3.16. The van der Waals surface area contributed by atoms with Crippen molar-refractivity contribution < 1.29 is 18.8 Å². The highest BCUT2D eigenvalue weighted by molar-refractivity contribution is 5.87. The zero-order valence-electron chi connectivity index (χ0n) is 18.9. The Hall–Kier alpha value is -3.52. The second kappa shape index (κ2) is 9.95. The molecule has 1 fully saturated rings. The molecule has 0 radical (unpaired) electrons. The molecule has 33 heavy (non-hydrogen) atoms. The summed E-state index contributed by atoms with van der Waals surface area (Å²) in [6.07, 6.45) is 2.13. The zero-order valence-corrected chi connectivity index (χ0v) is 18.9. The number of aromatic nitrogens is 2. The Bertz CT molecular complexity index is 1080. The Morgan fingerprint density at radius 3 is 2.61 bits per heavy atom. The standard InChI is InChI=1S/C25H28N4O4/c1-18-22(19(2)33-28-18)14-23(30)29-12-13-32-25(17-29,15-21-10-6-7-11-26-21)24(31)27-16-20-8-4-3-5-9-20/h3-11H,12-17H2,1-2H3,(H,27,31). The minimum Gasteiger partial charge on any atom is -0.361 e. The molecule has 0 aliphatic carbocycles. The fourth-order valence-electron chi connectivity index (χ4n) is 4.07. The van der Waals surface area contributed by atoms with Crippen LogP contribution in [-0.2, 0) is 33.7 Å². The average molecular weight is 449 g/mol. The number of benzene rings is 1. The van der Waals surface area contributed by atoms with Crippen molar-refractivity contribution in [3.8, 4) is 0 Å². The molecular formula is C25H28N4O4. The highest BCUT2D eigenvalue weighted by Gasteiger charge is 2.45. The maximum atomic E-state index is 13.5. The first-order valence-corrected chi connectivity index (χ1v) is 11.0. The Labute approximate surface area is 192 Å². The van der Waals surface area contributed by atoms with Crippen LogP contribution in [0.2, 0.25) is 0 Å². The Balaban J connectivity index is 1.54. The maximum absolute atomic E-state index is 13.5. The van der Waals surface area contributed by atoms with Gasteiger partial charge in [0.05, 0.1) is 25.3 Å². The lowest BCUT2D eigenvalue weighted by atomic mass is 9.93. The summed E-state index contributed by atoms with van der Waals surface area (Å²) in [5, 5.41) is 6.94. The first-order chi connectivity index (χ1) is 16.0. The molecule has 8 heteroatoms. The fraction of sp³-hybridized carbons (Fsp3) is 0.360. The Morgan fingerprint density at radius 1 is 1.12 bits per heavy atom. The van der Waals surface area contributed by atoms with Crippen molar-refractivity contribution >= 4 is 11.8 Å². The van der Waals surface area contributed by atoms with Crippen LogP contribution in [0, 0.1) is 13.8 Å². The molecule has 0 spiro atoms. The van der Waals surface area contributed by atoms with E-state index in [1.54, 1.807) is 18.0 Å². The van der Waals surface area contributed by atoms with E-state index >= 15 is 0 Å². The molecule has 3 aromatic rings. The molecule has 2 aromatic heterocycles. The molecule has 172 valence electrons. The summed E-state index contributed by atoms with van der Waals surface area (Å²) in [7, 11) is 0. The topological polar surface area (TPSA) is 97.6 Å². The Morgan fingerprint density at radius 2 is 1.91 bits per heavy atom. The van der Waals surface area contributed by atoms with Gasteiger partial charge in [0.15, 0.2) is 5.60 Å². The molecule has 1 N–H and O–H groups in total. The number of pyridine rings is 1. The summed E-state index contributed by atoms with van der Waals surface area (Å²) in [6, 6.07) is 15.3. The number of nitrogens with zero attached hydrogens (tertiary/aromatic N) is 3. The van der Waals surface area contributed by atoms with Crippen molar-refractivity contribution in [3.63, 3.8) is 0 Å². The molecule has 2 amide bonds. The number of amides is 2.